The maximum atomic E-state index is 9.60. The lowest BCUT2D eigenvalue weighted by Gasteiger charge is -2.25. The van der Waals surface area contributed by atoms with Crippen LogP contribution in [0.3, 0.4) is 0 Å². The van der Waals surface area contributed by atoms with Gasteiger partial charge in [0.15, 0.2) is 0 Å². The first kappa shape index (κ1) is 17.4. The Bertz CT molecular complexity index is 198. The van der Waals surface area contributed by atoms with Gasteiger partial charge in [0.1, 0.15) is 5.60 Å². The molecule has 18 heavy (non-hydrogen) atoms. The molecule has 1 saturated heterocycles. The predicted molar refractivity (Wildman–Crippen MR) is 70.2 cm³/mol. The van der Waals surface area contributed by atoms with Crippen LogP contribution in [-0.4, -0.2) is 50.5 Å². The quantitative estimate of drug-likeness (QED) is 0.559. The lowest BCUT2D eigenvalue weighted by atomic mass is 10.2. The molecule has 0 unspecified atom stereocenters. The van der Waals surface area contributed by atoms with Crippen molar-refractivity contribution in [2.45, 2.75) is 45.6 Å². The Morgan fingerprint density at radius 1 is 1.11 bits per heavy atom. The van der Waals surface area contributed by atoms with Crippen LogP contribution in [0.15, 0.2) is 0 Å². The average molecular weight is 261 g/mol. The van der Waals surface area contributed by atoms with Crippen LogP contribution in [-0.2, 0) is 19.1 Å². The van der Waals surface area contributed by atoms with Crippen molar-refractivity contribution in [2.24, 2.45) is 0 Å². The summed E-state index contributed by atoms with van der Waals surface area (Å²) >= 11 is 0. The summed E-state index contributed by atoms with van der Waals surface area (Å²) in [4.78, 5) is 15.0. The summed E-state index contributed by atoms with van der Waals surface area (Å²) in [5.41, 5.74) is -0.318. The van der Waals surface area contributed by atoms with Gasteiger partial charge in [-0.2, -0.15) is 5.06 Å². The molecule has 0 radical (unpaired) electrons. The molecule has 0 atom stereocenters. The van der Waals surface area contributed by atoms with Gasteiger partial charge in [-0.25, -0.2) is 0 Å². The molecule has 0 aromatic carbocycles. The van der Waals surface area contributed by atoms with Crippen LogP contribution in [0.5, 0.6) is 0 Å². The lowest BCUT2D eigenvalue weighted by molar-refractivity contribution is -0.176. The molecule has 0 saturated carbocycles. The van der Waals surface area contributed by atoms with Crippen LogP contribution in [0.2, 0.25) is 0 Å². The van der Waals surface area contributed by atoms with E-state index in [1.165, 1.54) is 19.3 Å². The zero-order valence-electron chi connectivity index (χ0n) is 12.1. The molecule has 5 heteroatoms. The SMILES string of the molecule is CC(C)(C)OC=O.COCCON1CCCCC1. The molecular formula is C13H27NO4. The van der Waals surface area contributed by atoms with E-state index in [1.54, 1.807) is 7.11 Å². The van der Waals surface area contributed by atoms with Crippen LogP contribution >= 0.6 is 0 Å². The number of carbonyl (C=O) groups excluding carboxylic acids is 1. The number of rotatable bonds is 5. The molecule has 0 aliphatic carbocycles. The van der Waals surface area contributed by atoms with Gasteiger partial charge in [-0.15, -0.1) is 0 Å². The molecule has 1 fully saturated rings. The fourth-order valence-corrected chi connectivity index (χ4v) is 1.39. The zero-order chi connectivity index (χ0) is 13.9. The van der Waals surface area contributed by atoms with Crippen molar-refractivity contribution < 1.29 is 19.1 Å². The van der Waals surface area contributed by atoms with Gasteiger partial charge < -0.3 is 9.47 Å². The standard InChI is InChI=1S/C8H17NO2.C5H10O2/c1-10-7-8-11-9-5-3-2-4-6-9;1-5(2,3)7-4-6/h2-8H2,1H3;4H,1-3H3. The van der Waals surface area contributed by atoms with Gasteiger partial charge >= 0.3 is 0 Å². The number of piperidine rings is 1. The Kier molecular flexibility index (Phi) is 9.92. The number of ether oxygens (including phenoxy) is 2. The third-order valence-corrected chi connectivity index (χ3v) is 2.28. The first-order valence-corrected chi connectivity index (χ1v) is 6.48. The number of carbonyl (C=O) groups is 1. The van der Waals surface area contributed by atoms with Gasteiger partial charge in [0.05, 0.1) is 13.2 Å². The second kappa shape index (κ2) is 10.3. The van der Waals surface area contributed by atoms with Gasteiger partial charge in [0.25, 0.3) is 6.47 Å². The third-order valence-electron chi connectivity index (χ3n) is 2.28. The topological polar surface area (TPSA) is 48.0 Å². The van der Waals surface area contributed by atoms with Crippen molar-refractivity contribution in [3.8, 4) is 0 Å². The highest BCUT2D eigenvalue weighted by atomic mass is 16.7. The molecule has 5 nitrogen and oxygen atoms in total. The molecule has 1 heterocycles. The van der Waals surface area contributed by atoms with E-state index in [4.69, 9.17) is 9.57 Å². The van der Waals surface area contributed by atoms with Gasteiger partial charge in [0.2, 0.25) is 0 Å². The highest BCUT2D eigenvalue weighted by Gasteiger charge is 2.09. The van der Waals surface area contributed by atoms with Crippen LogP contribution in [0.1, 0.15) is 40.0 Å². The highest BCUT2D eigenvalue weighted by Crippen LogP contribution is 2.08. The molecular weight excluding hydrogens is 234 g/mol. The Balaban J connectivity index is 0.000000360. The molecule has 0 aromatic rings. The molecule has 108 valence electrons. The number of methoxy groups -OCH3 is 1. The second-order valence-corrected chi connectivity index (χ2v) is 5.14. The van der Waals surface area contributed by atoms with E-state index in [0.717, 1.165) is 13.1 Å². The Morgan fingerprint density at radius 2 is 1.72 bits per heavy atom. The lowest BCUT2D eigenvalue weighted by Crippen LogP contribution is -2.30. The minimum atomic E-state index is -0.318. The first-order chi connectivity index (χ1) is 8.49. The number of hydroxylamine groups is 2. The minimum absolute atomic E-state index is 0.318. The van der Waals surface area contributed by atoms with Crippen molar-refractivity contribution in [3.63, 3.8) is 0 Å². The first-order valence-electron chi connectivity index (χ1n) is 6.48. The molecule has 1 rings (SSSR count). The van der Waals surface area contributed by atoms with Crippen molar-refractivity contribution >= 4 is 6.47 Å². The van der Waals surface area contributed by atoms with Crippen LogP contribution in [0.25, 0.3) is 0 Å². The van der Waals surface area contributed by atoms with Crippen molar-refractivity contribution in [2.75, 3.05) is 33.4 Å². The summed E-state index contributed by atoms with van der Waals surface area (Å²) in [5, 5.41) is 2.04. The average Bonchev–Trinajstić information content (AvgIpc) is 2.30. The van der Waals surface area contributed by atoms with Crippen molar-refractivity contribution in [1.82, 2.24) is 5.06 Å². The number of hydrogen-bond donors (Lipinski definition) is 0. The summed E-state index contributed by atoms with van der Waals surface area (Å²) in [7, 11) is 1.69. The Hall–Kier alpha value is -0.650. The van der Waals surface area contributed by atoms with Crippen molar-refractivity contribution in [1.29, 1.82) is 0 Å². The fourth-order valence-electron chi connectivity index (χ4n) is 1.39. The molecule has 0 spiro atoms. The number of nitrogens with zero attached hydrogens (tertiary/aromatic N) is 1. The summed E-state index contributed by atoms with van der Waals surface area (Å²) < 4.78 is 9.43. The molecule has 0 bridgehead atoms. The van der Waals surface area contributed by atoms with E-state index >= 15 is 0 Å². The third kappa shape index (κ3) is 11.8. The second-order valence-electron chi connectivity index (χ2n) is 5.14. The predicted octanol–water partition coefficient (Wildman–Crippen LogP) is 2.01. The summed E-state index contributed by atoms with van der Waals surface area (Å²) in [6, 6.07) is 0. The van der Waals surface area contributed by atoms with Crippen molar-refractivity contribution in [3.05, 3.63) is 0 Å². The Morgan fingerprint density at radius 3 is 2.11 bits per heavy atom. The van der Waals surface area contributed by atoms with E-state index in [0.29, 0.717) is 19.7 Å². The summed E-state index contributed by atoms with van der Waals surface area (Å²) in [6.45, 7) is 9.48. The maximum Gasteiger partial charge on any atom is 0.293 e. The normalized spacial score (nSPS) is 16.7. The summed E-state index contributed by atoms with van der Waals surface area (Å²) in [5.74, 6) is 0. The zero-order valence-corrected chi connectivity index (χ0v) is 12.1. The van der Waals surface area contributed by atoms with E-state index in [1.807, 2.05) is 25.8 Å². The van der Waals surface area contributed by atoms with Gasteiger partial charge in [-0.3, -0.25) is 9.63 Å². The van der Waals surface area contributed by atoms with E-state index in [9.17, 15) is 4.79 Å². The minimum Gasteiger partial charge on any atom is -0.462 e. The largest absolute Gasteiger partial charge is 0.462 e. The number of hydrogen-bond acceptors (Lipinski definition) is 5. The fraction of sp³-hybridized carbons (Fsp3) is 0.923. The van der Waals surface area contributed by atoms with E-state index in [-0.39, 0.29) is 5.60 Å². The monoisotopic (exact) mass is 261 g/mol. The van der Waals surface area contributed by atoms with E-state index < -0.39 is 0 Å². The molecule has 1 aliphatic rings. The smallest absolute Gasteiger partial charge is 0.293 e. The highest BCUT2D eigenvalue weighted by molar-refractivity contribution is 5.37. The van der Waals surface area contributed by atoms with Crippen LogP contribution in [0.4, 0.5) is 0 Å². The Labute approximate surface area is 110 Å². The van der Waals surface area contributed by atoms with E-state index in [2.05, 4.69) is 4.74 Å². The summed E-state index contributed by atoms with van der Waals surface area (Å²) in [6.07, 6.45) is 3.89. The molecule has 0 amide bonds. The van der Waals surface area contributed by atoms with Crippen LogP contribution in [0, 0.1) is 0 Å². The van der Waals surface area contributed by atoms with Gasteiger partial charge in [0, 0.05) is 20.2 Å². The molecule has 0 aromatic heterocycles. The van der Waals surface area contributed by atoms with Crippen LogP contribution < -0.4 is 0 Å². The van der Waals surface area contributed by atoms with Gasteiger partial charge in [-0.1, -0.05) is 6.42 Å². The molecule has 0 N–H and O–H groups in total. The maximum absolute atomic E-state index is 9.60. The van der Waals surface area contributed by atoms with Gasteiger partial charge in [-0.05, 0) is 33.6 Å². The molecule has 1 aliphatic heterocycles.